The lowest BCUT2D eigenvalue weighted by Gasteiger charge is -2.36. The number of carbonyl (C=O) groups is 1. The van der Waals surface area contributed by atoms with E-state index in [9.17, 15) is 4.79 Å². The van der Waals surface area contributed by atoms with E-state index in [1.54, 1.807) is 0 Å². The van der Waals surface area contributed by atoms with Crippen LogP contribution in [0.25, 0.3) is 0 Å². The highest BCUT2D eigenvalue weighted by molar-refractivity contribution is 6.07. The van der Waals surface area contributed by atoms with Crippen LogP contribution in [0.4, 0.5) is 11.4 Å². The molecule has 5 nitrogen and oxygen atoms in total. The first-order chi connectivity index (χ1) is 11.4. The van der Waals surface area contributed by atoms with E-state index in [2.05, 4.69) is 62.3 Å². The molecule has 1 amide bonds. The van der Waals surface area contributed by atoms with Crippen LogP contribution in [0, 0.1) is 13.8 Å². The van der Waals surface area contributed by atoms with Crippen molar-refractivity contribution in [2.75, 3.05) is 16.8 Å². The number of rotatable bonds is 3. The average Bonchev–Trinajstić information content (AvgIpc) is 3.04. The van der Waals surface area contributed by atoms with E-state index in [1.807, 2.05) is 11.0 Å². The van der Waals surface area contributed by atoms with E-state index in [0.717, 1.165) is 23.5 Å². The number of carbonyl (C=O) groups excluding carboxylic acids is 1. The SMILES string of the molecule is CCC1CN(C(=O)c2cc(C(C)C)[nH]n2)c2cc(C)c(C)cc2N1. The van der Waals surface area contributed by atoms with Gasteiger partial charge in [-0.25, -0.2) is 0 Å². The summed E-state index contributed by atoms with van der Waals surface area (Å²) in [6.45, 7) is 11.1. The van der Waals surface area contributed by atoms with Crippen molar-refractivity contribution in [2.45, 2.75) is 53.0 Å². The van der Waals surface area contributed by atoms with Gasteiger partial charge in [-0.05, 0) is 55.5 Å². The fourth-order valence-electron chi connectivity index (χ4n) is 3.03. The summed E-state index contributed by atoms with van der Waals surface area (Å²) in [6.07, 6.45) is 0.966. The molecule has 128 valence electrons. The third kappa shape index (κ3) is 2.90. The molecule has 1 aromatic heterocycles. The van der Waals surface area contributed by atoms with Crippen molar-refractivity contribution in [1.29, 1.82) is 0 Å². The molecular weight excluding hydrogens is 300 g/mol. The van der Waals surface area contributed by atoms with Gasteiger partial charge in [-0.2, -0.15) is 5.10 Å². The molecule has 0 spiro atoms. The van der Waals surface area contributed by atoms with Crippen LogP contribution in [0.5, 0.6) is 0 Å². The lowest BCUT2D eigenvalue weighted by Crippen LogP contribution is -2.44. The van der Waals surface area contributed by atoms with Crippen molar-refractivity contribution in [2.24, 2.45) is 0 Å². The number of fused-ring (bicyclic) bond motifs is 1. The predicted molar refractivity (Wildman–Crippen MR) is 98.0 cm³/mol. The van der Waals surface area contributed by atoms with Crippen LogP contribution < -0.4 is 10.2 Å². The van der Waals surface area contributed by atoms with Crippen LogP contribution in [0.1, 0.15) is 60.4 Å². The molecular formula is C19H26N4O. The molecule has 1 aliphatic rings. The van der Waals surface area contributed by atoms with Gasteiger partial charge in [-0.15, -0.1) is 0 Å². The van der Waals surface area contributed by atoms with Crippen LogP contribution in [0.3, 0.4) is 0 Å². The smallest absolute Gasteiger partial charge is 0.278 e. The Hall–Kier alpha value is -2.30. The number of nitrogens with zero attached hydrogens (tertiary/aromatic N) is 2. The highest BCUT2D eigenvalue weighted by Gasteiger charge is 2.29. The van der Waals surface area contributed by atoms with Crippen LogP contribution in [-0.4, -0.2) is 28.7 Å². The summed E-state index contributed by atoms with van der Waals surface area (Å²) in [5, 5.41) is 10.8. The van der Waals surface area contributed by atoms with E-state index in [0.29, 0.717) is 18.2 Å². The van der Waals surface area contributed by atoms with Crippen LogP contribution in [0.2, 0.25) is 0 Å². The van der Waals surface area contributed by atoms with E-state index >= 15 is 0 Å². The van der Waals surface area contributed by atoms with Crippen molar-refractivity contribution in [1.82, 2.24) is 10.2 Å². The summed E-state index contributed by atoms with van der Waals surface area (Å²) in [4.78, 5) is 14.9. The summed E-state index contributed by atoms with van der Waals surface area (Å²) in [7, 11) is 0. The normalized spacial score (nSPS) is 16.9. The molecule has 1 aromatic carbocycles. The maximum absolute atomic E-state index is 13.1. The first-order valence-electron chi connectivity index (χ1n) is 8.65. The number of benzene rings is 1. The lowest BCUT2D eigenvalue weighted by molar-refractivity contribution is 0.0980. The number of aromatic amines is 1. The van der Waals surface area contributed by atoms with Gasteiger partial charge in [0.15, 0.2) is 5.69 Å². The summed E-state index contributed by atoms with van der Waals surface area (Å²) in [5.74, 6) is 0.283. The minimum absolute atomic E-state index is 0.0393. The molecule has 0 saturated heterocycles. The quantitative estimate of drug-likeness (QED) is 0.896. The van der Waals surface area contributed by atoms with Gasteiger partial charge in [-0.1, -0.05) is 20.8 Å². The lowest BCUT2D eigenvalue weighted by atomic mass is 10.0. The molecule has 2 aromatic rings. The molecule has 0 fully saturated rings. The Morgan fingerprint density at radius 2 is 2.00 bits per heavy atom. The molecule has 5 heteroatoms. The Labute approximate surface area is 143 Å². The number of aryl methyl sites for hydroxylation is 2. The average molecular weight is 326 g/mol. The van der Waals surface area contributed by atoms with Crippen LogP contribution in [-0.2, 0) is 0 Å². The minimum atomic E-state index is -0.0393. The van der Waals surface area contributed by atoms with Gasteiger partial charge >= 0.3 is 0 Å². The van der Waals surface area contributed by atoms with Crippen molar-refractivity contribution < 1.29 is 4.79 Å². The third-order valence-electron chi connectivity index (χ3n) is 4.84. The molecule has 0 aliphatic carbocycles. The van der Waals surface area contributed by atoms with Crippen molar-refractivity contribution in [3.8, 4) is 0 Å². The number of nitrogens with one attached hydrogen (secondary N) is 2. The zero-order valence-corrected chi connectivity index (χ0v) is 15.1. The Morgan fingerprint density at radius 3 is 2.62 bits per heavy atom. The van der Waals surface area contributed by atoms with Crippen molar-refractivity contribution >= 4 is 17.3 Å². The molecule has 0 bridgehead atoms. The summed E-state index contributed by atoms with van der Waals surface area (Å²) >= 11 is 0. The zero-order chi connectivity index (χ0) is 17.4. The maximum Gasteiger partial charge on any atom is 0.278 e. The fourth-order valence-corrected chi connectivity index (χ4v) is 3.03. The topological polar surface area (TPSA) is 61.0 Å². The second kappa shape index (κ2) is 6.30. The van der Waals surface area contributed by atoms with Crippen molar-refractivity contribution in [3.05, 3.63) is 40.7 Å². The Bertz CT molecular complexity index is 763. The van der Waals surface area contributed by atoms with Crippen LogP contribution >= 0.6 is 0 Å². The summed E-state index contributed by atoms with van der Waals surface area (Å²) in [5.41, 5.74) is 5.87. The molecule has 2 N–H and O–H groups in total. The Morgan fingerprint density at radius 1 is 1.29 bits per heavy atom. The maximum atomic E-state index is 13.1. The monoisotopic (exact) mass is 326 g/mol. The van der Waals surface area contributed by atoms with E-state index in [-0.39, 0.29) is 11.9 Å². The molecule has 1 unspecified atom stereocenters. The Kier molecular flexibility index (Phi) is 4.35. The molecule has 3 rings (SSSR count). The second-order valence-corrected chi connectivity index (χ2v) is 6.98. The van der Waals surface area contributed by atoms with Gasteiger partial charge in [0.2, 0.25) is 0 Å². The molecule has 2 heterocycles. The molecule has 0 radical (unpaired) electrons. The number of hydrogen-bond acceptors (Lipinski definition) is 3. The van der Waals surface area contributed by atoms with E-state index in [1.165, 1.54) is 11.1 Å². The first-order valence-corrected chi connectivity index (χ1v) is 8.65. The minimum Gasteiger partial charge on any atom is -0.379 e. The van der Waals surface area contributed by atoms with Gasteiger partial charge in [0.05, 0.1) is 11.4 Å². The first kappa shape index (κ1) is 16.6. The highest BCUT2D eigenvalue weighted by Crippen LogP contribution is 2.35. The third-order valence-corrected chi connectivity index (χ3v) is 4.84. The summed E-state index contributed by atoms with van der Waals surface area (Å²) in [6, 6.07) is 6.36. The largest absolute Gasteiger partial charge is 0.379 e. The number of aromatic nitrogens is 2. The number of H-pyrrole nitrogens is 1. The molecule has 24 heavy (non-hydrogen) atoms. The fraction of sp³-hybridized carbons (Fsp3) is 0.474. The van der Waals surface area contributed by atoms with Crippen LogP contribution in [0.15, 0.2) is 18.2 Å². The second-order valence-electron chi connectivity index (χ2n) is 6.98. The van der Waals surface area contributed by atoms with E-state index in [4.69, 9.17) is 0 Å². The standard InChI is InChI=1S/C19H26N4O/c1-6-14-10-23(18-8-13(5)12(4)7-16(18)20-14)19(24)17-9-15(11(2)3)21-22-17/h7-9,11,14,20H,6,10H2,1-5H3,(H,21,22). The number of anilines is 2. The summed E-state index contributed by atoms with van der Waals surface area (Å²) < 4.78 is 0. The highest BCUT2D eigenvalue weighted by atomic mass is 16.2. The Balaban J connectivity index is 2.00. The van der Waals surface area contributed by atoms with Gasteiger partial charge in [0.25, 0.3) is 5.91 Å². The van der Waals surface area contributed by atoms with Gasteiger partial charge < -0.3 is 10.2 Å². The van der Waals surface area contributed by atoms with Gasteiger partial charge in [-0.3, -0.25) is 9.89 Å². The van der Waals surface area contributed by atoms with Crippen molar-refractivity contribution in [3.63, 3.8) is 0 Å². The molecule has 1 atom stereocenters. The van der Waals surface area contributed by atoms with Gasteiger partial charge in [0.1, 0.15) is 0 Å². The zero-order valence-electron chi connectivity index (χ0n) is 15.1. The van der Waals surface area contributed by atoms with Gasteiger partial charge in [0, 0.05) is 18.3 Å². The van der Waals surface area contributed by atoms with E-state index < -0.39 is 0 Å². The molecule has 1 aliphatic heterocycles. The predicted octanol–water partition coefficient (Wildman–Crippen LogP) is 4.00. The molecule has 0 saturated carbocycles. The number of hydrogen-bond donors (Lipinski definition) is 2. The number of amides is 1.